The van der Waals surface area contributed by atoms with Gasteiger partial charge in [-0.25, -0.2) is 9.37 Å². The molecule has 9 heteroatoms. The summed E-state index contributed by atoms with van der Waals surface area (Å²) in [5.74, 6) is -0.701. The molecule has 0 radical (unpaired) electrons. The number of hydrogen-bond acceptors (Lipinski definition) is 5. The van der Waals surface area contributed by atoms with Gasteiger partial charge in [-0.15, -0.1) is 0 Å². The Bertz CT molecular complexity index is 1350. The summed E-state index contributed by atoms with van der Waals surface area (Å²) >= 11 is 0. The monoisotopic (exact) mass is 434 g/mol. The fourth-order valence-corrected chi connectivity index (χ4v) is 3.26. The van der Waals surface area contributed by atoms with Crippen molar-refractivity contribution in [2.75, 3.05) is 11.9 Å². The Hall–Kier alpha value is -4.27. The fourth-order valence-electron chi connectivity index (χ4n) is 3.26. The van der Waals surface area contributed by atoms with Crippen LogP contribution < -0.4 is 15.8 Å². The third-order valence-electron chi connectivity index (χ3n) is 4.98. The van der Waals surface area contributed by atoms with Crippen LogP contribution in [0.2, 0.25) is 0 Å². The van der Waals surface area contributed by atoms with Crippen molar-refractivity contribution in [3.63, 3.8) is 0 Å². The number of furan rings is 1. The largest absolute Gasteiger partial charge is 0.467 e. The highest BCUT2D eigenvalue weighted by molar-refractivity contribution is 6.04. The van der Waals surface area contributed by atoms with Crippen molar-refractivity contribution in [2.24, 2.45) is 0 Å². The Morgan fingerprint density at radius 1 is 1.16 bits per heavy atom. The molecule has 2 aromatic heterocycles. The van der Waals surface area contributed by atoms with Crippen LogP contribution >= 0.6 is 0 Å². The molecule has 162 valence electrons. The number of amides is 2. The van der Waals surface area contributed by atoms with E-state index in [1.54, 1.807) is 36.4 Å². The van der Waals surface area contributed by atoms with Crippen LogP contribution in [0.4, 0.5) is 10.1 Å². The van der Waals surface area contributed by atoms with Gasteiger partial charge in [-0.1, -0.05) is 12.1 Å². The minimum Gasteiger partial charge on any atom is -0.467 e. The fraction of sp³-hybridized carbons (Fsp3) is 0.130. The van der Waals surface area contributed by atoms with Crippen LogP contribution in [-0.4, -0.2) is 28.4 Å². The van der Waals surface area contributed by atoms with E-state index in [9.17, 15) is 18.8 Å². The first-order valence-electron chi connectivity index (χ1n) is 9.75. The SMILES string of the molecule is CN(C(=O)Cn1cnc2cc(F)ccc2c1=O)c1ccccc1C(=O)NCc1ccco1. The van der Waals surface area contributed by atoms with Crippen molar-refractivity contribution in [3.8, 4) is 0 Å². The first kappa shape index (κ1) is 21.0. The van der Waals surface area contributed by atoms with E-state index in [0.29, 0.717) is 17.0 Å². The molecule has 1 N–H and O–H groups in total. The number of carbonyl (C=O) groups excluding carboxylic acids is 2. The van der Waals surface area contributed by atoms with Gasteiger partial charge < -0.3 is 14.6 Å². The van der Waals surface area contributed by atoms with Crippen molar-refractivity contribution in [1.82, 2.24) is 14.9 Å². The minimum absolute atomic E-state index is 0.205. The smallest absolute Gasteiger partial charge is 0.261 e. The molecule has 0 saturated carbocycles. The molecule has 8 nitrogen and oxygen atoms in total. The van der Waals surface area contributed by atoms with Gasteiger partial charge in [0.15, 0.2) is 0 Å². The molecule has 32 heavy (non-hydrogen) atoms. The van der Waals surface area contributed by atoms with E-state index in [0.717, 1.165) is 10.6 Å². The van der Waals surface area contributed by atoms with E-state index < -0.39 is 17.3 Å². The number of rotatable bonds is 6. The van der Waals surface area contributed by atoms with Crippen molar-refractivity contribution >= 4 is 28.4 Å². The van der Waals surface area contributed by atoms with Crippen molar-refractivity contribution in [2.45, 2.75) is 13.1 Å². The molecule has 0 saturated heterocycles. The van der Waals surface area contributed by atoms with Crippen molar-refractivity contribution in [1.29, 1.82) is 0 Å². The summed E-state index contributed by atoms with van der Waals surface area (Å²) in [4.78, 5) is 43.6. The Morgan fingerprint density at radius 3 is 2.75 bits per heavy atom. The van der Waals surface area contributed by atoms with Gasteiger partial charge in [0, 0.05) is 13.1 Å². The molecule has 4 aromatic rings. The molecule has 0 fully saturated rings. The van der Waals surface area contributed by atoms with E-state index in [-0.39, 0.29) is 29.9 Å². The molecular formula is C23H19FN4O4. The summed E-state index contributed by atoms with van der Waals surface area (Å²) in [6, 6.07) is 13.8. The number of halogens is 1. The van der Waals surface area contributed by atoms with Crippen LogP contribution in [0.25, 0.3) is 10.9 Å². The molecule has 0 unspecified atom stereocenters. The molecule has 4 rings (SSSR count). The third kappa shape index (κ3) is 4.27. The Morgan fingerprint density at radius 2 is 1.97 bits per heavy atom. The summed E-state index contributed by atoms with van der Waals surface area (Å²) in [5, 5.41) is 2.96. The summed E-state index contributed by atoms with van der Waals surface area (Å²) in [5.41, 5.74) is 0.444. The van der Waals surface area contributed by atoms with Gasteiger partial charge in [0.25, 0.3) is 11.5 Å². The summed E-state index contributed by atoms with van der Waals surface area (Å²) in [6.07, 6.45) is 2.72. The van der Waals surface area contributed by atoms with Crippen LogP contribution in [-0.2, 0) is 17.9 Å². The van der Waals surface area contributed by atoms with Crippen LogP contribution in [0.1, 0.15) is 16.1 Å². The maximum absolute atomic E-state index is 13.4. The highest BCUT2D eigenvalue weighted by Crippen LogP contribution is 2.20. The van der Waals surface area contributed by atoms with Gasteiger partial charge in [-0.05, 0) is 36.4 Å². The first-order chi connectivity index (χ1) is 15.4. The number of nitrogens with zero attached hydrogens (tertiary/aromatic N) is 3. The number of para-hydroxylation sites is 1. The average Bonchev–Trinajstić information content (AvgIpc) is 3.32. The molecule has 0 spiro atoms. The number of nitrogens with one attached hydrogen (secondary N) is 1. The highest BCUT2D eigenvalue weighted by Gasteiger charge is 2.19. The molecule has 0 bridgehead atoms. The lowest BCUT2D eigenvalue weighted by molar-refractivity contribution is -0.118. The molecular weight excluding hydrogens is 415 g/mol. The van der Waals surface area contributed by atoms with Crippen LogP contribution in [0.5, 0.6) is 0 Å². The molecule has 0 aliphatic carbocycles. The van der Waals surface area contributed by atoms with Crippen LogP contribution in [0, 0.1) is 5.82 Å². The predicted molar refractivity (Wildman–Crippen MR) is 116 cm³/mol. The van der Waals surface area contributed by atoms with Gasteiger partial charge in [-0.2, -0.15) is 0 Å². The summed E-state index contributed by atoms with van der Waals surface area (Å²) in [7, 11) is 1.52. The number of anilines is 1. The van der Waals surface area contributed by atoms with Crippen LogP contribution in [0.3, 0.4) is 0 Å². The van der Waals surface area contributed by atoms with Crippen LogP contribution in [0.15, 0.2) is 76.4 Å². The van der Waals surface area contributed by atoms with Gasteiger partial charge in [-0.3, -0.25) is 19.0 Å². The Labute approximate surface area is 181 Å². The number of benzene rings is 2. The second-order valence-electron chi connectivity index (χ2n) is 7.07. The van der Waals surface area contributed by atoms with E-state index >= 15 is 0 Å². The zero-order valence-corrected chi connectivity index (χ0v) is 17.1. The molecule has 0 aliphatic rings. The third-order valence-corrected chi connectivity index (χ3v) is 4.98. The molecule has 2 amide bonds. The predicted octanol–water partition coefficient (Wildman–Crippen LogP) is 2.72. The van der Waals surface area contributed by atoms with E-state index in [2.05, 4.69) is 10.3 Å². The zero-order valence-electron chi connectivity index (χ0n) is 17.1. The average molecular weight is 434 g/mol. The Balaban J connectivity index is 1.54. The van der Waals surface area contributed by atoms with Crippen molar-refractivity contribution in [3.05, 3.63) is 94.7 Å². The van der Waals surface area contributed by atoms with E-state index in [1.807, 2.05) is 0 Å². The topological polar surface area (TPSA) is 97.4 Å². The standard InChI is InChI=1S/C23H19FN4O4/c1-27(20-7-3-2-6-18(20)22(30)25-12-16-5-4-10-32-16)21(29)13-28-14-26-19-11-15(24)8-9-17(19)23(28)31/h2-11,14H,12-13H2,1H3,(H,25,30). The highest BCUT2D eigenvalue weighted by atomic mass is 19.1. The maximum atomic E-state index is 13.4. The molecule has 0 atom stereocenters. The first-order valence-corrected chi connectivity index (χ1v) is 9.75. The number of hydrogen-bond donors (Lipinski definition) is 1. The molecule has 2 aromatic carbocycles. The zero-order chi connectivity index (χ0) is 22.7. The normalized spacial score (nSPS) is 10.8. The maximum Gasteiger partial charge on any atom is 0.261 e. The molecule has 2 heterocycles. The Kier molecular flexibility index (Phi) is 5.80. The quantitative estimate of drug-likeness (QED) is 0.503. The lowest BCUT2D eigenvalue weighted by atomic mass is 10.1. The van der Waals surface area contributed by atoms with Gasteiger partial charge in [0.05, 0.1) is 41.3 Å². The van der Waals surface area contributed by atoms with Gasteiger partial charge in [0.2, 0.25) is 5.91 Å². The van der Waals surface area contributed by atoms with Gasteiger partial charge in [0.1, 0.15) is 18.1 Å². The lowest BCUT2D eigenvalue weighted by Crippen LogP contribution is -2.35. The van der Waals surface area contributed by atoms with E-state index in [4.69, 9.17) is 4.42 Å². The minimum atomic E-state index is -0.500. The van der Waals surface area contributed by atoms with Gasteiger partial charge >= 0.3 is 0 Å². The summed E-state index contributed by atoms with van der Waals surface area (Å²) < 4.78 is 19.7. The van der Waals surface area contributed by atoms with E-state index in [1.165, 1.54) is 36.7 Å². The number of likely N-dealkylation sites (N-methyl/N-ethyl adjacent to an activating group) is 1. The molecule has 0 aliphatic heterocycles. The van der Waals surface area contributed by atoms with Crippen molar-refractivity contribution < 1.29 is 18.4 Å². The second kappa shape index (κ2) is 8.84. The number of carbonyl (C=O) groups is 2. The number of aromatic nitrogens is 2. The second-order valence-corrected chi connectivity index (χ2v) is 7.07. The number of fused-ring (bicyclic) bond motifs is 1. The summed E-state index contributed by atoms with van der Waals surface area (Å²) in [6.45, 7) is -0.0887. The lowest BCUT2D eigenvalue weighted by Gasteiger charge is -2.21.